The van der Waals surface area contributed by atoms with Crippen LogP contribution in [0.25, 0.3) is 0 Å². The number of hydrogen-bond donors (Lipinski definition) is 1. The third-order valence-electron chi connectivity index (χ3n) is 2.70. The number of aryl methyl sites for hydroxylation is 2. The molecule has 118 valence electrons. The molecular weight excluding hydrogens is 319 g/mol. The first-order valence-corrected chi connectivity index (χ1v) is 6.78. The second kappa shape index (κ2) is 6.43. The minimum Gasteiger partial charge on any atom is -0.368 e. The van der Waals surface area contributed by atoms with Gasteiger partial charge in [0.15, 0.2) is 0 Å². The van der Waals surface area contributed by atoms with Crippen LogP contribution >= 0.6 is 11.6 Å². The molecule has 0 spiro atoms. The summed E-state index contributed by atoms with van der Waals surface area (Å²) in [6.45, 7) is 3.51. The normalized spacial score (nSPS) is 11.5. The highest BCUT2D eigenvalue weighted by Gasteiger charge is 2.33. The Kier molecular flexibility index (Phi) is 4.80. The van der Waals surface area contributed by atoms with Gasteiger partial charge in [-0.15, -0.1) is 0 Å². The quantitative estimate of drug-likeness (QED) is 0.932. The maximum Gasteiger partial charge on any atom is 0.433 e. The van der Waals surface area contributed by atoms with Crippen LogP contribution in [0, 0.1) is 13.8 Å². The molecule has 0 saturated carbocycles. The third-order valence-corrected chi connectivity index (χ3v) is 2.97. The molecule has 0 unspecified atom stereocenters. The smallest absolute Gasteiger partial charge is 0.368 e. The molecule has 2 rings (SSSR count). The molecule has 2 aromatic rings. The Bertz CT molecular complexity index is 675. The van der Waals surface area contributed by atoms with Crippen molar-refractivity contribution in [2.45, 2.75) is 26.4 Å². The van der Waals surface area contributed by atoms with E-state index in [0.29, 0.717) is 23.2 Å². The third kappa shape index (κ3) is 4.27. The van der Waals surface area contributed by atoms with Crippen LogP contribution in [0.1, 0.15) is 23.0 Å². The van der Waals surface area contributed by atoms with Gasteiger partial charge in [-0.25, -0.2) is 19.9 Å². The van der Waals surface area contributed by atoms with Crippen molar-refractivity contribution in [3.8, 4) is 0 Å². The summed E-state index contributed by atoms with van der Waals surface area (Å²) in [5.41, 5.74) is -0.667. The number of nitrogens with one attached hydrogen (secondary N) is 1. The Morgan fingerprint density at radius 2 is 1.91 bits per heavy atom. The van der Waals surface area contributed by atoms with Crippen LogP contribution in [0.15, 0.2) is 12.3 Å². The summed E-state index contributed by atoms with van der Waals surface area (Å²) in [6.07, 6.45) is -2.82. The molecular formula is C13H13ClF3N5. The Morgan fingerprint density at radius 3 is 2.59 bits per heavy atom. The zero-order chi connectivity index (χ0) is 16.3. The Morgan fingerprint density at radius 1 is 1.18 bits per heavy atom. The molecule has 0 fully saturated rings. The SMILES string of the molecule is Cc1cc(C(F)(F)F)nc(CCNc2nc(C)ncc2Cl)n1. The second-order valence-corrected chi connectivity index (χ2v) is 5.01. The van der Waals surface area contributed by atoms with E-state index in [1.807, 2.05) is 0 Å². The van der Waals surface area contributed by atoms with Gasteiger partial charge in [-0.1, -0.05) is 11.6 Å². The van der Waals surface area contributed by atoms with E-state index in [-0.39, 0.29) is 17.9 Å². The molecule has 0 bridgehead atoms. The van der Waals surface area contributed by atoms with Gasteiger partial charge in [0, 0.05) is 18.7 Å². The average Bonchev–Trinajstić information content (AvgIpc) is 2.41. The number of anilines is 1. The fourth-order valence-corrected chi connectivity index (χ4v) is 1.92. The van der Waals surface area contributed by atoms with Gasteiger partial charge in [0.05, 0.1) is 6.20 Å². The lowest BCUT2D eigenvalue weighted by Gasteiger charge is -2.10. The van der Waals surface area contributed by atoms with Gasteiger partial charge in [-0.05, 0) is 19.9 Å². The predicted molar refractivity (Wildman–Crippen MR) is 75.7 cm³/mol. The minimum atomic E-state index is -4.48. The highest BCUT2D eigenvalue weighted by atomic mass is 35.5. The van der Waals surface area contributed by atoms with Crippen LogP contribution in [0.4, 0.5) is 19.0 Å². The number of rotatable bonds is 4. The van der Waals surface area contributed by atoms with Gasteiger partial charge in [0.25, 0.3) is 0 Å². The number of nitrogens with zero attached hydrogens (tertiary/aromatic N) is 4. The molecule has 1 N–H and O–H groups in total. The molecule has 0 aliphatic heterocycles. The van der Waals surface area contributed by atoms with Gasteiger partial charge in [-0.2, -0.15) is 13.2 Å². The topological polar surface area (TPSA) is 63.6 Å². The number of halogens is 4. The van der Waals surface area contributed by atoms with Crippen molar-refractivity contribution in [3.05, 3.63) is 40.3 Å². The number of aromatic nitrogens is 4. The summed E-state index contributed by atoms with van der Waals surface area (Å²) in [7, 11) is 0. The van der Waals surface area contributed by atoms with Crippen LogP contribution < -0.4 is 5.32 Å². The molecule has 0 aliphatic carbocycles. The summed E-state index contributed by atoms with van der Waals surface area (Å²) < 4.78 is 38.1. The lowest BCUT2D eigenvalue weighted by Crippen LogP contribution is -2.14. The van der Waals surface area contributed by atoms with Gasteiger partial charge >= 0.3 is 6.18 Å². The summed E-state index contributed by atoms with van der Waals surface area (Å²) in [4.78, 5) is 15.6. The zero-order valence-electron chi connectivity index (χ0n) is 11.9. The molecule has 0 saturated heterocycles. The van der Waals surface area contributed by atoms with Crippen LogP contribution in [0.5, 0.6) is 0 Å². The standard InChI is InChI=1S/C13H13ClF3N5/c1-7-5-10(13(15,16)17)22-11(20-7)3-4-18-12-9(14)6-19-8(2)21-12/h5-6H,3-4H2,1-2H3,(H,18,19,21). The molecule has 2 heterocycles. The minimum absolute atomic E-state index is 0.113. The first-order valence-electron chi connectivity index (χ1n) is 6.40. The van der Waals surface area contributed by atoms with Crippen molar-refractivity contribution in [1.29, 1.82) is 0 Å². The van der Waals surface area contributed by atoms with Gasteiger partial charge in [0.1, 0.15) is 28.2 Å². The average molecular weight is 332 g/mol. The van der Waals surface area contributed by atoms with Gasteiger partial charge in [-0.3, -0.25) is 0 Å². The van der Waals surface area contributed by atoms with E-state index < -0.39 is 11.9 Å². The van der Waals surface area contributed by atoms with Gasteiger partial charge < -0.3 is 5.32 Å². The number of alkyl halides is 3. The molecule has 0 aliphatic rings. The predicted octanol–water partition coefficient (Wildman–Crippen LogP) is 3.21. The highest BCUT2D eigenvalue weighted by molar-refractivity contribution is 6.32. The summed E-state index contributed by atoms with van der Waals surface area (Å²) >= 11 is 5.92. The maximum atomic E-state index is 12.7. The maximum absolute atomic E-state index is 12.7. The first-order chi connectivity index (χ1) is 10.3. The Hall–Kier alpha value is -1.96. The van der Waals surface area contributed by atoms with Crippen molar-refractivity contribution >= 4 is 17.4 Å². The van der Waals surface area contributed by atoms with E-state index in [9.17, 15) is 13.2 Å². The molecule has 22 heavy (non-hydrogen) atoms. The summed E-state index contributed by atoms with van der Waals surface area (Å²) in [5, 5.41) is 3.28. The summed E-state index contributed by atoms with van der Waals surface area (Å²) in [6, 6.07) is 0.918. The molecule has 0 atom stereocenters. The zero-order valence-corrected chi connectivity index (χ0v) is 12.6. The van der Waals surface area contributed by atoms with Crippen molar-refractivity contribution in [2.24, 2.45) is 0 Å². The van der Waals surface area contributed by atoms with Crippen LogP contribution in [-0.4, -0.2) is 26.5 Å². The molecule has 0 radical (unpaired) electrons. The van der Waals surface area contributed by atoms with Crippen LogP contribution in [0.2, 0.25) is 5.02 Å². The second-order valence-electron chi connectivity index (χ2n) is 4.60. The van der Waals surface area contributed by atoms with Crippen molar-refractivity contribution < 1.29 is 13.2 Å². The Labute approximate surface area is 130 Å². The van der Waals surface area contributed by atoms with Crippen molar-refractivity contribution in [1.82, 2.24) is 19.9 Å². The Balaban J connectivity index is 2.06. The van der Waals surface area contributed by atoms with E-state index in [1.54, 1.807) is 6.92 Å². The molecule has 2 aromatic heterocycles. The van der Waals surface area contributed by atoms with E-state index in [0.717, 1.165) is 6.07 Å². The van der Waals surface area contributed by atoms with E-state index in [4.69, 9.17) is 11.6 Å². The molecule has 9 heteroatoms. The van der Waals surface area contributed by atoms with E-state index in [2.05, 4.69) is 25.3 Å². The fourth-order valence-electron chi connectivity index (χ4n) is 1.76. The fraction of sp³-hybridized carbons (Fsp3) is 0.385. The molecule has 5 nitrogen and oxygen atoms in total. The number of hydrogen-bond acceptors (Lipinski definition) is 5. The van der Waals surface area contributed by atoms with E-state index >= 15 is 0 Å². The lowest BCUT2D eigenvalue weighted by molar-refractivity contribution is -0.141. The highest BCUT2D eigenvalue weighted by Crippen LogP contribution is 2.27. The summed E-state index contributed by atoms with van der Waals surface area (Å²) in [5.74, 6) is 1.08. The van der Waals surface area contributed by atoms with E-state index in [1.165, 1.54) is 13.1 Å². The van der Waals surface area contributed by atoms with Crippen molar-refractivity contribution in [3.63, 3.8) is 0 Å². The molecule has 0 aromatic carbocycles. The molecule has 0 amide bonds. The monoisotopic (exact) mass is 331 g/mol. The van der Waals surface area contributed by atoms with Crippen LogP contribution in [0.3, 0.4) is 0 Å². The largest absolute Gasteiger partial charge is 0.433 e. The van der Waals surface area contributed by atoms with Crippen molar-refractivity contribution in [2.75, 3.05) is 11.9 Å². The van der Waals surface area contributed by atoms with Gasteiger partial charge in [0.2, 0.25) is 0 Å². The first kappa shape index (κ1) is 16.4. The lowest BCUT2D eigenvalue weighted by atomic mass is 10.3. The van der Waals surface area contributed by atoms with Crippen LogP contribution in [-0.2, 0) is 12.6 Å².